The number of hydrogen-bond acceptors (Lipinski definition) is 3. The fourth-order valence-corrected chi connectivity index (χ4v) is 3.90. The van der Waals surface area contributed by atoms with Gasteiger partial charge in [0.25, 0.3) is 5.91 Å². The molecule has 1 aromatic rings. The van der Waals surface area contributed by atoms with Crippen LogP contribution in [0.5, 0.6) is 5.75 Å². The standard InChI is InChI=1S/C13H18BrNO2S/c1-17-10-6-12(18-8-10)13(16)15-11-5-3-2-4-9(11)7-14/h6,8-9,11H,2-5,7H2,1H3,(H,15,16). The molecule has 0 aliphatic heterocycles. The van der Waals surface area contributed by atoms with E-state index in [1.807, 2.05) is 5.38 Å². The summed E-state index contributed by atoms with van der Waals surface area (Å²) in [6, 6.07) is 2.10. The fourth-order valence-electron chi connectivity index (χ4n) is 2.37. The van der Waals surface area contributed by atoms with E-state index in [9.17, 15) is 4.79 Å². The predicted octanol–water partition coefficient (Wildman–Crippen LogP) is 3.44. The average molecular weight is 332 g/mol. The summed E-state index contributed by atoms with van der Waals surface area (Å²) in [5.74, 6) is 1.34. The summed E-state index contributed by atoms with van der Waals surface area (Å²) >= 11 is 4.98. The Morgan fingerprint density at radius 3 is 3.00 bits per heavy atom. The van der Waals surface area contributed by atoms with Crippen LogP contribution in [-0.2, 0) is 0 Å². The Morgan fingerprint density at radius 2 is 2.33 bits per heavy atom. The molecule has 1 aliphatic rings. The van der Waals surface area contributed by atoms with E-state index in [1.54, 1.807) is 13.2 Å². The Morgan fingerprint density at radius 1 is 1.56 bits per heavy atom. The molecule has 100 valence electrons. The first-order valence-electron chi connectivity index (χ1n) is 6.24. The van der Waals surface area contributed by atoms with E-state index in [0.717, 1.165) is 22.4 Å². The Hall–Kier alpha value is -0.550. The summed E-state index contributed by atoms with van der Waals surface area (Å²) < 4.78 is 5.10. The number of alkyl halides is 1. The van der Waals surface area contributed by atoms with E-state index in [4.69, 9.17) is 4.74 Å². The second kappa shape index (κ2) is 6.57. The molecule has 18 heavy (non-hydrogen) atoms. The van der Waals surface area contributed by atoms with Crippen molar-refractivity contribution >= 4 is 33.2 Å². The number of nitrogens with one attached hydrogen (secondary N) is 1. The first-order chi connectivity index (χ1) is 8.74. The number of thiophene rings is 1. The van der Waals surface area contributed by atoms with Gasteiger partial charge in [0.05, 0.1) is 12.0 Å². The molecule has 1 N–H and O–H groups in total. The maximum atomic E-state index is 12.1. The number of hydrogen-bond donors (Lipinski definition) is 1. The molecule has 0 radical (unpaired) electrons. The second-order valence-corrected chi connectivity index (χ2v) is 6.19. The summed E-state index contributed by atoms with van der Waals surface area (Å²) in [7, 11) is 1.62. The van der Waals surface area contributed by atoms with E-state index in [-0.39, 0.29) is 5.91 Å². The maximum Gasteiger partial charge on any atom is 0.261 e. The summed E-state index contributed by atoms with van der Waals surface area (Å²) in [5.41, 5.74) is 0. The van der Waals surface area contributed by atoms with Crippen LogP contribution < -0.4 is 10.1 Å². The topological polar surface area (TPSA) is 38.3 Å². The SMILES string of the molecule is COc1csc(C(=O)NC2CCCCC2CBr)c1. The lowest BCUT2D eigenvalue weighted by Crippen LogP contribution is -2.42. The zero-order valence-corrected chi connectivity index (χ0v) is 12.9. The Labute approximate surface area is 120 Å². The van der Waals surface area contributed by atoms with Crippen molar-refractivity contribution in [2.75, 3.05) is 12.4 Å². The molecule has 1 saturated carbocycles. The van der Waals surface area contributed by atoms with Crippen LogP contribution in [0.15, 0.2) is 11.4 Å². The van der Waals surface area contributed by atoms with Crippen LogP contribution in [0.3, 0.4) is 0 Å². The van der Waals surface area contributed by atoms with Gasteiger partial charge < -0.3 is 10.1 Å². The van der Waals surface area contributed by atoms with Gasteiger partial charge in [-0.05, 0) is 18.8 Å². The molecule has 1 aliphatic carbocycles. The minimum absolute atomic E-state index is 0.0288. The van der Waals surface area contributed by atoms with Crippen LogP contribution in [0.1, 0.15) is 35.4 Å². The smallest absolute Gasteiger partial charge is 0.261 e. The molecule has 1 aromatic heterocycles. The van der Waals surface area contributed by atoms with Crippen LogP contribution in [0.2, 0.25) is 0 Å². The molecule has 1 heterocycles. The zero-order valence-electron chi connectivity index (χ0n) is 10.4. The summed E-state index contributed by atoms with van der Waals surface area (Å²) in [4.78, 5) is 12.9. The highest BCUT2D eigenvalue weighted by molar-refractivity contribution is 9.09. The van der Waals surface area contributed by atoms with Gasteiger partial charge in [-0.3, -0.25) is 4.79 Å². The summed E-state index contributed by atoms with van der Waals surface area (Å²) in [6.45, 7) is 0. The van der Waals surface area contributed by atoms with Crippen LogP contribution in [0.4, 0.5) is 0 Å². The first kappa shape index (κ1) is 13.9. The Bertz CT molecular complexity index is 407. The lowest BCUT2D eigenvalue weighted by atomic mass is 9.86. The Balaban J connectivity index is 1.97. The van der Waals surface area contributed by atoms with Crippen molar-refractivity contribution in [1.82, 2.24) is 5.32 Å². The maximum absolute atomic E-state index is 12.1. The molecule has 2 atom stereocenters. The van der Waals surface area contributed by atoms with Gasteiger partial charge in [-0.15, -0.1) is 11.3 Å². The van der Waals surface area contributed by atoms with Crippen molar-refractivity contribution in [3.63, 3.8) is 0 Å². The second-order valence-electron chi connectivity index (χ2n) is 4.63. The molecule has 0 aromatic carbocycles. The molecule has 0 bridgehead atoms. The number of ether oxygens (including phenoxy) is 1. The van der Waals surface area contributed by atoms with Crippen LogP contribution in [0.25, 0.3) is 0 Å². The van der Waals surface area contributed by atoms with E-state index >= 15 is 0 Å². The molecule has 1 fully saturated rings. The van der Waals surface area contributed by atoms with Gasteiger partial charge >= 0.3 is 0 Å². The predicted molar refractivity (Wildman–Crippen MR) is 77.9 cm³/mol. The summed E-state index contributed by atoms with van der Waals surface area (Å²) in [5, 5.41) is 5.98. The van der Waals surface area contributed by atoms with Crippen molar-refractivity contribution in [3.8, 4) is 5.75 Å². The molecule has 2 unspecified atom stereocenters. The van der Waals surface area contributed by atoms with Gasteiger partial charge in [-0.2, -0.15) is 0 Å². The monoisotopic (exact) mass is 331 g/mol. The summed E-state index contributed by atoms with van der Waals surface area (Å²) in [6.07, 6.45) is 4.77. The Kier molecular flexibility index (Phi) is 5.06. The fraction of sp³-hybridized carbons (Fsp3) is 0.615. The van der Waals surface area contributed by atoms with Crippen molar-refractivity contribution < 1.29 is 9.53 Å². The van der Waals surface area contributed by atoms with E-state index < -0.39 is 0 Å². The van der Waals surface area contributed by atoms with Crippen LogP contribution in [-0.4, -0.2) is 24.4 Å². The lowest BCUT2D eigenvalue weighted by molar-refractivity contribution is 0.0915. The molecule has 2 rings (SSSR count). The highest BCUT2D eigenvalue weighted by Crippen LogP contribution is 2.27. The number of halogens is 1. The largest absolute Gasteiger partial charge is 0.496 e. The molecule has 0 spiro atoms. The van der Waals surface area contributed by atoms with Gasteiger partial charge in [0.1, 0.15) is 5.75 Å². The van der Waals surface area contributed by atoms with Crippen molar-refractivity contribution in [2.45, 2.75) is 31.7 Å². The molecular formula is C13H18BrNO2S. The number of carbonyl (C=O) groups is 1. The molecule has 1 amide bonds. The normalized spacial score (nSPS) is 23.7. The number of methoxy groups -OCH3 is 1. The average Bonchev–Trinajstić information content (AvgIpc) is 2.88. The third kappa shape index (κ3) is 3.26. The highest BCUT2D eigenvalue weighted by Gasteiger charge is 2.26. The van der Waals surface area contributed by atoms with E-state index in [2.05, 4.69) is 21.2 Å². The van der Waals surface area contributed by atoms with Gasteiger partial charge in [0.2, 0.25) is 0 Å². The molecular weight excluding hydrogens is 314 g/mol. The minimum atomic E-state index is 0.0288. The quantitative estimate of drug-likeness (QED) is 0.858. The van der Waals surface area contributed by atoms with Gasteiger partial charge in [0, 0.05) is 22.8 Å². The van der Waals surface area contributed by atoms with Crippen molar-refractivity contribution in [1.29, 1.82) is 0 Å². The molecule has 3 nitrogen and oxygen atoms in total. The van der Waals surface area contributed by atoms with E-state index in [0.29, 0.717) is 12.0 Å². The van der Waals surface area contributed by atoms with Crippen molar-refractivity contribution in [3.05, 3.63) is 16.3 Å². The van der Waals surface area contributed by atoms with Crippen LogP contribution in [0, 0.1) is 5.92 Å². The first-order valence-corrected chi connectivity index (χ1v) is 8.24. The zero-order chi connectivity index (χ0) is 13.0. The van der Waals surface area contributed by atoms with Gasteiger partial charge in [0.15, 0.2) is 0 Å². The van der Waals surface area contributed by atoms with Gasteiger partial charge in [-0.25, -0.2) is 0 Å². The third-order valence-corrected chi connectivity index (χ3v) is 5.20. The third-order valence-electron chi connectivity index (χ3n) is 3.46. The number of rotatable bonds is 4. The lowest BCUT2D eigenvalue weighted by Gasteiger charge is -2.30. The minimum Gasteiger partial charge on any atom is -0.496 e. The highest BCUT2D eigenvalue weighted by atomic mass is 79.9. The van der Waals surface area contributed by atoms with E-state index in [1.165, 1.54) is 30.6 Å². The van der Waals surface area contributed by atoms with Crippen molar-refractivity contribution in [2.24, 2.45) is 5.92 Å². The molecule has 5 heteroatoms. The van der Waals surface area contributed by atoms with Gasteiger partial charge in [-0.1, -0.05) is 28.8 Å². The number of carbonyl (C=O) groups excluding carboxylic acids is 1. The molecule has 0 saturated heterocycles. The number of amides is 1. The van der Waals surface area contributed by atoms with Crippen LogP contribution >= 0.6 is 27.3 Å².